The van der Waals surface area contributed by atoms with Crippen LogP contribution < -0.4 is 0 Å². The van der Waals surface area contributed by atoms with Crippen molar-refractivity contribution in [2.24, 2.45) is 0 Å². The van der Waals surface area contributed by atoms with Crippen LogP contribution in [-0.2, 0) is 9.53 Å². The van der Waals surface area contributed by atoms with E-state index in [1.165, 1.54) is 0 Å². The van der Waals surface area contributed by atoms with Gasteiger partial charge in [-0.2, -0.15) is 0 Å². The van der Waals surface area contributed by atoms with Crippen molar-refractivity contribution in [1.82, 2.24) is 4.90 Å². The number of hydrogen-bond acceptors (Lipinski definition) is 3. The Morgan fingerprint density at radius 2 is 2.00 bits per heavy atom. The SMILES string of the molecule is O=C(O)[C@H](c1ccccc1Cl)N1CCOCC1. The predicted octanol–water partition coefficient (Wildman–Crippen LogP) is 1.80. The van der Waals surface area contributed by atoms with Gasteiger partial charge in [0, 0.05) is 18.1 Å². The molecular weight excluding hydrogens is 242 g/mol. The lowest BCUT2D eigenvalue weighted by Gasteiger charge is -2.32. The topological polar surface area (TPSA) is 49.8 Å². The van der Waals surface area contributed by atoms with Crippen molar-refractivity contribution < 1.29 is 14.6 Å². The average Bonchev–Trinajstić information content (AvgIpc) is 2.33. The zero-order valence-corrected chi connectivity index (χ0v) is 10.1. The fourth-order valence-corrected chi connectivity index (χ4v) is 2.26. The van der Waals surface area contributed by atoms with E-state index in [4.69, 9.17) is 16.3 Å². The van der Waals surface area contributed by atoms with Gasteiger partial charge in [0.15, 0.2) is 0 Å². The van der Waals surface area contributed by atoms with Crippen LogP contribution in [0, 0.1) is 0 Å². The molecule has 1 aromatic rings. The first kappa shape index (κ1) is 12.4. The van der Waals surface area contributed by atoms with Crippen LogP contribution in [0.2, 0.25) is 5.02 Å². The number of hydrogen-bond donors (Lipinski definition) is 1. The van der Waals surface area contributed by atoms with Crippen LogP contribution in [0.1, 0.15) is 11.6 Å². The zero-order chi connectivity index (χ0) is 12.3. The number of halogens is 1. The third kappa shape index (κ3) is 2.77. The summed E-state index contributed by atoms with van der Waals surface area (Å²) in [6.07, 6.45) is 0. The van der Waals surface area contributed by atoms with Crippen LogP contribution in [0.25, 0.3) is 0 Å². The second-order valence-electron chi connectivity index (χ2n) is 3.91. The van der Waals surface area contributed by atoms with E-state index in [2.05, 4.69) is 0 Å². The van der Waals surface area contributed by atoms with Gasteiger partial charge in [0.05, 0.1) is 13.2 Å². The van der Waals surface area contributed by atoms with Crippen LogP contribution >= 0.6 is 11.6 Å². The summed E-state index contributed by atoms with van der Waals surface area (Å²) in [7, 11) is 0. The monoisotopic (exact) mass is 255 g/mol. The van der Waals surface area contributed by atoms with Gasteiger partial charge in [0.2, 0.25) is 0 Å². The van der Waals surface area contributed by atoms with Crippen molar-refractivity contribution in [1.29, 1.82) is 0 Å². The molecule has 0 aromatic heterocycles. The number of carbonyl (C=O) groups is 1. The minimum absolute atomic E-state index is 0.492. The highest BCUT2D eigenvalue weighted by Crippen LogP contribution is 2.28. The van der Waals surface area contributed by atoms with E-state index in [9.17, 15) is 9.90 Å². The number of nitrogens with zero attached hydrogens (tertiary/aromatic N) is 1. The van der Waals surface area contributed by atoms with Gasteiger partial charge in [0.25, 0.3) is 0 Å². The minimum atomic E-state index is -0.875. The van der Waals surface area contributed by atoms with Gasteiger partial charge in [-0.05, 0) is 11.6 Å². The molecule has 1 N–H and O–H groups in total. The van der Waals surface area contributed by atoms with E-state index >= 15 is 0 Å². The lowest BCUT2D eigenvalue weighted by atomic mass is 10.0. The molecule has 0 saturated carbocycles. The molecule has 1 fully saturated rings. The third-order valence-corrected chi connectivity index (χ3v) is 3.19. The Labute approximate surface area is 105 Å². The number of rotatable bonds is 3. The lowest BCUT2D eigenvalue weighted by Crippen LogP contribution is -2.42. The zero-order valence-electron chi connectivity index (χ0n) is 9.30. The Hall–Kier alpha value is -1.10. The molecule has 4 nitrogen and oxygen atoms in total. The summed E-state index contributed by atoms with van der Waals surface area (Å²) >= 11 is 6.06. The Kier molecular flexibility index (Phi) is 3.99. The maximum Gasteiger partial charge on any atom is 0.325 e. The summed E-state index contributed by atoms with van der Waals surface area (Å²) in [5.74, 6) is -0.875. The van der Waals surface area contributed by atoms with Gasteiger partial charge in [-0.1, -0.05) is 29.8 Å². The van der Waals surface area contributed by atoms with Gasteiger partial charge >= 0.3 is 5.97 Å². The largest absolute Gasteiger partial charge is 0.480 e. The van der Waals surface area contributed by atoms with E-state index < -0.39 is 12.0 Å². The molecule has 0 radical (unpaired) electrons. The number of morpholine rings is 1. The summed E-state index contributed by atoms with van der Waals surface area (Å²) in [6.45, 7) is 2.35. The van der Waals surface area contributed by atoms with Crippen LogP contribution in [0.5, 0.6) is 0 Å². The van der Waals surface area contributed by atoms with E-state index in [1.807, 2.05) is 4.90 Å². The highest BCUT2D eigenvalue weighted by atomic mass is 35.5. The van der Waals surface area contributed by atoms with Gasteiger partial charge in [-0.25, -0.2) is 0 Å². The van der Waals surface area contributed by atoms with Crippen LogP contribution in [0.3, 0.4) is 0 Å². The average molecular weight is 256 g/mol. The Morgan fingerprint density at radius 3 is 2.59 bits per heavy atom. The summed E-state index contributed by atoms with van der Waals surface area (Å²) in [5, 5.41) is 9.85. The van der Waals surface area contributed by atoms with E-state index in [0.29, 0.717) is 36.9 Å². The van der Waals surface area contributed by atoms with Gasteiger partial charge < -0.3 is 9.84 Å². The standard InChI is InChI=1S/C12H14ClNO3/c13-10-4-2-1-3-9(10)11(12(15)16)14-5-7-17-8-6-14/h1-4,11H,5-8H2,(H,15,16)/t11-/m0/s1. The van der Waals surface area contributed by atoms with Gasteiger partial charge in [-0.3, -0.25) is 9.69 Å². The maximum absolute atomic E-state index is 11.4. The molecule has 1 heterocycles. The first-order chi connectivity index (χ1) is 8.20. The minimum Gasteiger partial charge on any atom is -0.480 e. The molecule has 0 bridgehead atoms. The van der Waals surface area contributed by atoms with Crippen molar-refractivity contribution in [3.63, 3.8) is 0 Å². The summed E-state index contributed by atoms with van der Waals surface area (Å²) in [6, 6.07) is 6.39. The molecule has 17 heavy (non-hydrogen) atoms. The fourth-order valence-electron chi connectivity index (χ4n) is 2.02. The normalized spacial score (nSPS) is 18.9. The summed E-state index contributed by atoms with van der Waals surface area (Å²) < 4.78 is 5.23. The lowest BCUT2D eigenvalue weighted by molar-refractivity contribution is -0.145. The number of benzene rings is 1. The fraction of sp³-hybridized carbons (Fsp3) is 0.417. The van der Waals surface area contributed by atoms with Gasteiger partial charge in [-0.15, -0.1) is 0 Å². The molecular formula is C12H14ClNO3. The van der Waals surface area contributed by atoms with Crippen molar-refractivity contribution in [3.8, 4) is 0 Å². The van der Waals surface area contributed by atoms with Crippen molar-refractivity contribution >= 4 is 17.6 Å². The molecule has 1 atom stereocenters. The van der Waals surface area contributed by atoms with Crippen molar-refractivity contribution in [2.45, 2.75) is 6.04 Å². The number of carboxylic acids is 1. The molecule has 0 spiro atoms. The Morgan fingerprint density at radius 1 is 1.35 bits per heavy atom. The number of aliphatic carboxylic acids is 1. The molecule has 0 amide bonds. The summed E-state index contributed by atoms with van der Waals surface area (Å²) in [5.41, 5.74) is 0.642. The molecule has 1 aliphatic heterocycles. The number of ether oxygens (including phenoxy) is 1. The molecule has 0 aliphatic carbocycles. The Balaban J connectivity index is 2.28. The first-order valence-electron chi connectivity index (χ1n) is 5.49. The van der Waals surface area contributed by atoms with Gasteiger partial charge in [0.1, 0.15) is 6.04 Å². The molecule has 0 unspecified atom stereocenters. The number of carboxylic acid groups (broad SMARTS) is 1. The quantitative estimate of drug-likeness (QED) is 0.895. The summed E-state index contributed by atoms with van der Waals surface area (Å²) in [4.78, 5) is 13.3. The maximum atomic E-state index is 11.4. The molecule has 5 heteroatoms. The van der Waals surface area contributed by atoms with E-state index in [0.717, 1.165) is 0 Å². The third-order valence-electron chi connectivity index (χ3n) is 2.84. The van der Waals surface area contributed by atoms with Crippen LogP contribution in [0.4, 0.5) is 0 Å². The molecule has 1 aliphatic rings. The molecule has 2 rings (SSSR count). The highest BCUT2D eigenvalue weighted by molar-refractivity contribution is 6.31. The molecule has 92 valence electrons. The van der Waals surface area contributed by atoms with Crippen molar-refractivity contribution in [3.05, 3.63) is 34.9 Å². The molecule has 1 saturated heterocycles. The predicted molar refractivity (Wildman–Crippen MR) is 64.2 cm³/mol. The highest BCUT2D eigenvalue weighted by Gasteiger charge is 2.30. The van der Waals surface area contributed by atoms with Crippen LogP contribution in [0.15, 0.2) is 24.3 Å². The molecule has 1 aromatic carbocycles. The second kappa shape index (κ2) is 5.49. The van der Waals surface area contributed by atoms with E-state index in [-0.39, 0.29) is 0 Å². The van der Waals surface area contributed by atoms with E-state index in [1.54, 1.807) is 24.3 Å². The second-order valence-corrected chi connectivity index (χ2v) is 4.32. The first-order valence-corrected chi connectivity index (χ1v) is 5.87. The van der Waals surface area contributed by atoms with Crippen molar-refractivity contribution in [2.75, 3.05) is 26.3 Å². The van der Waals surface area contributed by atoms with Crippen LogP contribution in [-0.4, -0.2) is 42.3 Å². The Bertz CT molecular complexity index is 404. The smallest absolute Gasteiger partial charge is 0.325 e.